The number of carbonyl (C=O) groups excluding carboxylic acids is 9. The summed E-state index contributed by atoms with van der Waals surface area (Å²) in [5.41, 5.74) is 9.44. The van der Waals surface area contributed by atoms with Crippen molar-refractivity contribution in [3.05, 3.63) is 191 Å². The summed E-state index contributed by atoms with van der Waals surface area (Å²) in [5.74, 6) is -12.4. The zero-order valence-electron chi connectivity index (χ0n) is 72.7. The van der Waals surface area contributed by atoms with E-state index in [1.807, 2.05) is 64.1 Å². The standard InChI is InChI=1S/C27H26N2O7.C21H21IN2O7.C21H22N2O7.C6H7BO2.C5H4.2C2H6.CH4.B5.3H2/c1-29(2)21-16-11-13-10-15-14(12-6-4-3-5-7-12)8-9-17(30)19(15)22(31)18(13)24(33)27(16,36)25(34)20(23(21)32)26(28)35;1-24(2)15-9-6-7-5-8-10(22)3-4-11(25)13(8)16(26)12(7)18(28)21(9,31)19(29)14(17(15)27)20(23)30;1-23(2)15-10-7-9-6-8-4-3-5-11(24)12(8)16(25)13(9)18(27)21(10,30)19(28)14(17(15)26)20(22)29;8-7(9)6-4-2-1-3-5-6;1-3-5-4-2;2*1-2;;1-4-5(2)3;;;/h3-9,13,16,21,30-31,34,36H,10-11H2,1-2H3,(H2,28,35);3-4,7,9,15,25-26,29,31H,5-6H2,1-2H3,(H2,23,30);3-5,9-10,15,24-25,28,30H,6-7H2,1-2H3,(H2,22,29);1-5,8-9H;1H,2H3;2*1-2H3;1H4;;3*1H/p+1/t13?,16?,21-,27-;7?,9?,15-,21-;9?,10?,15-,21-;;;;;;;;;/m000........./s1/i;;;;;;;;;2*1+1D;1+1. The second-order valence-corrected chi connectivity index (χ2v) is 30.7. The summed E-state index contributed by atoms with van der Waals surface area (Å²) in [4.78, 5) is 120. The second-order valence-electron chi connectivity index (χ2n) is 29.5. The molecule has 0 aliphatic heterocycles. The van der Waals surface area contributed by atoms with Gasteiger partial charge in [-0.2, -0.15) is 0 Å². The van der Waals surface area contributed by atoms with Crippen LogP contribution in [0.4, 0.5) is 0 Å². The zero-order chi connectivity index (χ0) is 94.3. The average molecular weight is 1770 g/mol. The number of phenolic OH excluding ortho intramolecular Hbond substituents is 3. The minimum Gasteiger partial charge on any atom is -0.508 e. The number of primary amides is 3. The average Bonchev–Trinajstić information content (AvgIpc) is 0.707. The van der Waals surface area contributed by atoms with Crippen molar-refractivity contribution >= 4 is 142 Å². The predicted molar refractivity (Wildman–Crippen MR) is 475 cm³/mol. The Kier molecular flexibility index (Phi) is 31.7. The van der Waals surface area contributed by atoms with Crippen molar-refractivity contribution in [2.45, 2.75) is 115 Å². The fourth-order valence-corrected chi connectivity index (χ4v) is 17.9. The van der Waals surface area contributed by atoms with Crippen LogP contribution in [0.5, 0.6) is 17.2 Å². The molecule has 6 unspecified atom stereocenters. The number of carbonyl (C=O) groups is 9. The molecular formula is C85H103B6IN6O23+. The lowest BCUT2D eigenvalue weighted by molar-refractivity contribution is -0.155. The van der Waals surface area contributed by atoms with Gasteiger partial charge in [-0.15, -0.1) is 6.42 Å². The van der Waals surface area contributed by atoms with E-state index in [0.717, 1.165) is 14.7 Å². The van der Waals surface area contributed by atoms with E-state index >= 15 is 0 Å². The number of phenols is 3. The number of nitrogens with two attached hydrogens (primary N) is 3. The first kappa shape index (κ1) is 95.6. The second kappa shape index (κ2) is 40.2. The molecule has 12 atom stereocenters. The fourth-order valence-electron chi connectivity index (χ4n) is 17.2. The van der Waals surface area contributed by atoms with Gasteiger partial charge in [0.2, 0.25) is 17.3 Å². The van der Waals surface area contributed by atoms with Crippen LogP contribution in [0.3, 0.4) is 0 Å². The molecule has 0 spiro atoms. The number of likely N-dealkylation sites (N-methyl/N-ethyl adjacent to an activating group) is 3. The largest absolute Gasteiger partial charge is 1.00 e. The number of Topliss-reactive ketones (excluding diaryl/α,β-unsaturated/α-hetero) is 6. The summed E-state index contributed by atoms with van der Waals surface area (Å²) in [5, 5.41) is 148. The maximum atomic E-state index is 13.8. The highest BCUT2D eigenvalue weighted by Crippen LogP contribution is 2.57. The minimum atomic E-state index is -2.64. The van der Waals surface area contributed by atoms with Gasteiger partial charge in [0.1, 0.15) is 68.5 Å². The third-order valence-electron chi connectivity index (χ3n) is 22.2. The molecule has 0 heterocycles. The molecule has 14 rings (SSSR count). The van der Waals surface area contributed by atoms with Crippen LogP contribution in [0.25, 0.3) is 28.4 Å². The Morgan fingerprint density at radius 2 is 0.860 bits per heavy atom. The number of aliphatic hydroxyl groups excluding tert-OH is 6. The van der Waals surface area contributed by atoms with Gasteiger partial charge in [0.05, 0.1) is 34.8 Å². The summed E-state index contributed by atoms with van der Waals surface area (Å²) in [6.45, 7) is 9.71. The molecule has 3 amide bonds. The van der Waals surface area contributed by atoms with Gasteiger partial charge in [0.25, 0.3) is 17.7 Å². The Labute approximate surface area is 729 Å². The molecule has 121 heavy (non-hydrogen) atoms. The minimum absolute atomic E-state index is 0. The van der Waals surface area contributed by atoms with Crippen molar-refractivity contribution in [3.63, 3.8) is 0 Å². The Morgan fingerprint density at radius 1 is 0.529 bits per heavy atom. The van der Waals surface area contributed by atoms with Gasteiger partial charge < -0.3 is 88.5 Å². The fraction of sp³-hybridized carbons (Fsp3) is 0.353. The van der Waals surface area contributed by atoms with E-state index in [4.69, 9.17) is 62.8 Å². The number of halogens is 1. The van der Waals surface area contributed by atoms with Crippen molar-refractivity contribution < 1.29 is 123 Å². The number of hydrogen-bond acceptors (Lipinski definition) is 26. The van der Waals surface area contributed by atoms with Crippen LogP contribution in [0, 0.1) is 63.3 Å². The molecule has 5 aromatic rings. The first-order valence-corrected chi connectivity index (χ1v) is 39.0. The zero-order valence-corrected chi connectivity index (χ0v) is 69.8. The molecule has 36 heteroatoms. The van der Waals surface area contributed by atoms with Gasteiger partial charge in [-0.05, 0) is 197 Å². The number of terminal acetylenes is 1. The lowest BCUT2D eigenvalue weighted by Crippen LogP contribution is -2.65. The first-order valence-electron chi connectivity index (χ1n) is 39.9. The third kappa shape index (κ3) is 18.1. The Morgan fingerprint density at radius 3 is 1.18 bits per heavy atom. The molecule has 9 aliphatic rings. The molecule has 3 saturated carbocycles. The highest BCUT2D eigenvalue weighted by Gasteiger charge is 2.68. The van der Waals surface area contributed by atoms with Gasteiger partial charge in [-0.3, -0.25) is 57.9 Å². The number of aromatic hydroxyl groups is 3. The van der Waals surface area contributed by atoms with E-state index in [1.54, 1.807) is 97.7 Å². The topological polar surface area (TPSA) is 525 Å². The highest BCUT2D eigenvalue weighted by atomic mass is 127. The Hall–Kier alpha value is -10.9. The van der Waals surface area contributed by atoms with E-state index in [9.17, 15) is 104 Å². The third-order valence-corrected chi connectivity index (χ3v) is 23.2. The molecule has 9 aliphatic carbocycles. The van der Waals surface area contributed by atoms with Crippen LogP contribution < -0.4 is 22.7 Å². The van der Waals surface area contributed by atoms with Gasteiger partial charge in [0.15, 0.2) is 34.2 Å². The number of amides is 3. The van der Waals surface area contributed by atoms with Gasteiger partial charge in [-0.1, -0.05) is 120 Å². The van der Waals surface area contributed by atoms with Gasteiger partial charge in [0, 0.05) is 82.1 Å². The van der Waals surface area contributed by atoms with Crippen molar-refractivity contribution in [2.24, 2.45) is 52.7 Å². The summed E-state index contributed by atoms with van der Waals surface area (Å²) < 4.78 is 20.8. The normalized spacial score (nSPS) is 24.9. The van der Waals surface area contributed by atoms with Crippen molar-refractivity contribution in [3.8, 4) is 52.6 Å². The summed E-state index contributed by atoms with van der Waals surface area (Å²) in [6, 6.07) is 25.7. The lowest BCUT2D eigenvalue weighted by atomic mass is 8.97. The quantitative estimate of drug-likeness (QED) is 0.0432. The number of benzene rings is 5. The van der Waals surface area contributed by atoms with Crippen LogP contribution >= 0.6 is 22.6 Å². The number of ketones is 6. The molecule has 0 saturated heterocycles. The summed E-state index contributed by atoms with van der Waals surface area (Å²) >= 11 is 2.07. The smallest absolute Gasteiger partial charge is 0.508 e. The molecule has 0 bridgehead atoms. The van der Waals surface area contributed by atoms with E-state index in [1.165, 1.54) is 40.0 Å². The molecule has 0 aromatic heterocycles. The number of fused-ring (bicyclic) bond motifs is 9. The van der Waals surface area contributed by atoms with Crippen LogP contribution in [-0.4, -0.2) is 259 Å². The van der Waals surface area contributed by atoms with Crippen molar-refractivity contribution in [2.75, 3.05) is 42.3 Å². The Balaban J connectivity index is 0.000000558. The predicted octanol–water partition coefficient (Wildman–Crippen LogP) is 3.81. The van der Waals surface area contributed by atoms with Crippen molar-refractivity contribution in [1.82, 2.24) is 14.7 Å². The van der Waals surface area contributed by atoms with Crippen LogP contribution in [0.2, 0.25) is 0 Å². The van der Waals surface area contributed by atoms with Crippen molar-refractivity contribution in [1.29, 1.82) is 0 Å². The maximum absolute atomic E-state index is 13.8. The maximum Gasteiger partial charge on any atom is 1.00 e. The molecule has 7 radical (unpaired) electrons. The number of rotatable bonds is 9. The van der Waals surface area contributed by atoms with E-state index < -0.39 is 188 Å². The Bertz CT molecular complexity index is 5280. The molecule has 29 nitrogen and oxygen atoms in total. The van der Waals surface area contributed by atoms with Gasteiger partial charge in [-0.25, -0.2) is 0 Å². The SMILES string of the molecule is C.C#CC#CC.CC.CC.CN(C)[C@@H]1C(=O)C(C(N)=O)=C(O)[C@@]2(O)C(=O)C3=C(O)c4c(O)ccc(-c5ccccc5)c4CC3CC12.CN(C)[C@@H]1C(=O)C(C(N)=O)=C(O)[C@@]2(O)C(=O)C3=C(O)c4c(O)ccc(I)c4CC3CC12.CN(C)[C@@H]1C(=O)C(C(N)=O)=C(O)[C@@]2(O)C(=O)C3=C(O)c4c(O)cccc4CC3CC12.OB(O)c1ccccc1.[2HH].[2H][2H].[2H][2H].[B][B]B([B])[B].[H+]. The van der Waals surface area contributed by atoms with Crippen LogP contribution in [-0.2, 0) is 62.4 Å². The van der Waals surface area contributed by atoms with Crippen LogP contribution in [0.1, 0.15) is 103 Å². The lowest BCUT2D eigenvalue weighted by Gasteiger charge is -2.50. The number of nitrogens with zero attached hydrogens (tertiary/aromatic N) is 3. The number of aliphatic hydroxyl groups is 9. The van der Waals surface area contributed by atoms with E-state index in [0.29, 0.717) is 35.0 Å². The molecule has 5 aromatic carbocycles. The molecule has 3 fully saturated rings. The summed E-state index contributed by atoms with van der Waals surface area (Å²) in [6.07, 6.45) is 5.30. The summed E-state index contributed by atoms with van der Waals surface area (Å²) in [7, 11) is 23.8. The molecular weight excluding hydrogens is 1660 g/mol. The van der Waals surface area contributed by atoms with E-state index in [-0.39, 0.29) is 86.6 Å². The number of hydrogen-bond donors (Lipinski definition) is 17. The highest BCUT2D eigenvalue weighted by molar-refractivity contribution is 14.1. The van der Waals surface area contributed by atoms with Crippen LogP contribution in [0.15, 0.2) is 154 Å². The first-order chi connectivity index (χ1) is 58.4. The molecule has 635 valence electrons. The van der Waals surface area contributed by atoms with E-state index in [2.05, 4.69) is 40.4 Å². The molecule has 20 N–H and O–H groups in total. The monoisotopic (exact) mass is 1770 g/mol. The van der Waals surface area contributed by atoms with Gasteiger partial charge >= 0.3 is 8.55 Å².